The summed E-state index contributed by atoms with van der Waals surface area (Å²) in [7, 11) is 0. The average Bonchev–Trinajstić information content (AvgIpc) is 2.75. The highest BCUT2D eigenvalue weighted by Gasteiger charge is 2.35. The number of carbonyl (C=O) groups is 2. The van der Waals surface area contributed by atoms with Crippen LogP contribution in [0.3, 0.4) is 0 Å². The van der Waals surface area contributed by atoms with Crippen LogP contribution in [0.1, 0.15) is 43.4 Å². The summed E-state index contributed by atoms with van der Waals surface area (Å²) < 4.78 is 33.4. The monoisotopic (exact) mass is 377 g/mol. The van der Waals surface area contributed by atoms with Crippen molar-refractivity contribution < 1.29 is 23.1 Å². The molecule has 0 bridgehead atoms. The summed E-state index contributed by atoms with van der Waals surface area (Å²) in [5, 5.41) is 2.29. The molecule has 2 amide bonds. The zero-order valence-electron chi connectivity index (χ0n) is 14.6. The molecule has 0 aromatic carbocycles. The normalized spacial score (nSPS) is 21.2. The molecule has 140 valence electrons. The fourth-order valence-corrected chi connectivity index (χ4v) is 2.67. The molecule has 2 rings (SSSR count). The molecule has 1 saturated heterocycles. The minimum atomic E-state index is -1.49. The zero-order chi connectivity index (χ0) is 18.9. The second-order valence-corrected chi connectivity index (χ2v) is 7.44. The lowest BCUT2D eigenvalue weighted by molar-refractivity contribution is 0.00970. The Morgan fingerprint density at radius 3 is 2.52 bits per heavy atom. The van der Waals surface area contributed by atoms with Gasteiger partial charge in [-0.2, -0.15) is 0 Å². The fourth-order valence-electron chi connectivity index (χ4n) is 2.53. The van der Waals surface area contributed by atoms with Gasteiger partial charge in [0.05, 0.1) is 17.6 Å². The quantitative estimate of drug-likeness (QED) is 0.831. The number of aromatic amines is 1. The van der Waals surface area contributed by atoms with Gasteiger partial charge in [-0.3, -0.25) is 4.79 Å². The first kappa shape index (κ1) is 19.5. The third-order valence-corrected chi connectivity index (χ3v) is 4.24. The summed E-state index contributed by atoms with van der Waals surface area (Å²) in [6.45, 7) is 6.73. The number of carbonyl (C=O) groups excluding carboxylic acids is 2. The molecular weight excluding hydrogens is 356 g/mol. The van der Waals surface area contributed by atoms with Crippen molar-refractivity contribution in [2.75, 3.05) is 13.1 Å². The Morgan fingerprint density at radius 1 is 1.40 bits per heavy atom. The van der Waals surface area contributed by atoms with Crippen molar-refractivity contribution in [2.24, 2.45) is 0 Å². The minimum Gasteiger partial charge on any atom is -0.444 e. The summed E-state index contributed by atoms with van der Waals surface area (Å²) in [5.74, 6) is -1.64. The van der Waals surface area contributed by atoms with Crippen LogP contribution in [0.2, 0.25) is 5.02 Å². The van der Waals surface area contributed by atoms with Gasteiger partial charge in [-0.15, -0.1) is 0 Å². The first-order valence-electron chi connectivity index (χ1n) is 7.96. The predicted molar refractivity (Wildman–Crippen MR) is 89.1 cm³/mol. The number of rotatable bonds is 2. The molecule has 0 radical (unpaired) electrons. The maximum Gasteiger partial charge on any atom is 0.410 e. The second-order valence-electron chi connectivity index (χ2n) is 7.06. The van der Waals surface area contributed by atoms with E-state index in [1.165, 1.54) is 11.8 Å². The molecule has 1 aliphatic rings. The van der Waals surface area contributed by atoms with E-state index in [1.54, 1.807) is 20.8 Å². The second kappa shape index (κ2) is 7.19. The van der Waals surface area contributed by atoms with Gasteiger partial charge in [-0.25, -0.2) is 13.6 Å². The summed E-state index contributed by atoms with van der Waals surface area (Å²) in [5.41, 5.74) is -0.680. The van der Waals surface area contributed by atoms with Crippen LogP contribution >= 0.6 is 11.6 Å². The highest BCUT2D eigenvalue weighted by molar-refractivity contribution is 6.31. The van der Waals surface area contributed by atoms with E-state index >= 15 is 0 Å². The lowest BCUT2D eigenvalue weighted by Gasteiger charge is -2.35. The van der Waals surface area contributed by atoms with Crippen molar-refractivity contribution in [1.29, 1.82) is 0 Å². The Bertz CT molecular complexity index is 672. The molecule has 25 heavy (non-hydrogen) atoms. The van der Waals surface area contributed by atoms with Crippen LogP contribution in [0.5, 0.6) is 0 Å². The Labute approximate surface area is 149 Å². The fraction of sp³-hybridized carbons (Fsp3) is 0.625. The summed E-state index contributed by atoms with van der Waals surface area (Å²) in [6, 6.07) is -0.826. The standard InChI is InChI=1S/C16H22ClF2N3O3/c1-8-11(17)12(19)13(20-8)14(23)21-10-5-6-22(7-9(10)18)15(24)25-16(2,3)4/h9-10,20H,5-7H2,1-4H3,(H,21,23)/t9-,10+/m0/s1. The van der Waals surface area contributed by atoms with Gasteiger partial charge in [0.25, 0.3) is 5.91 Å². The third-order valence-electron chi connectivity index (χ3n) is 3.79. The molecule has 1 aliphatic heterocycles. The topological polar surface area (TPSA) is 74.4 Å². The van der Waals surface area contributed by atoms with Crippen molar-refractivity contribution in [1.82, 2.24) is 15.2 Å². The van der Waals surface area contributed by atoms with Crippen molar-refractivity contribution >= 4 is 23.6 Å². The number of aromatic nitrogens is 1. The van der Waals surface area contributed by atoms with E-state index < -0.39 is 35.6 Å². The number of likely N-dealkylation sites (tertiary alicyclic amines) is 1. The van der Waals surface area contributed by atoms with E-state index in [4.69, 9.17) is 16.3 Å². The third kappa shape index (κ3) is 4.62. The maximum absolute atomic E-state index is 14.4. The van der Waals surface area contributed by atoms with Crippen molar-refractivity contribution in [3.8, 4) is 0 Å². The highest BCUT2D eigenvalue weighted by Crippen LogP contribution is 2.23. The maximum atomic E-state index is 14.4. The van der Waals surface area contributed by atoms with Gasteiger partial charge >= 0.3 is 6.09 Å². The predicted octanol–water partition coefficient (Wildman–Crippen LogP) is 3.19. The van der Waals surface area contributed by atoms with Crippen molar-refractivity contribution in [3.05, 3.63) is 22.2 Å². The van der Waals surface area contributed by atoms with Crippen LogP contribution in [0.15, 0.2) is 0 Å². The number of nitrogens with one attached hydrogen (secondary N) is 2. The lowest BCUT2D eigenvalue weighted by atomic mass is 10.0. The van der Waals surface area contributed by atoms with Gasteiger partial charge in [-0.05, 0) is 34.1 Å². The van der Waals surface area contributed by atoms with Crippen LogP contribution in [-0.4, -0.2) is 52.8 Å². The van der Waals surface area contributed by atoms with E-state index in [9.17, 15) is 18.4 Å². The van der Waals surface area contributed by atoms with Gasteiger partial charge in [0.2, 0.25) is 0 Å². The van der Waals surface area contributed by atoms with E-state index in [-0.39, 0.29) is 30.2 Å². The van der Waals surface area contributed by atoms with E-state index in [2.05, 4.69) is 10.3 Å². The molecule has 2 N–H and O–H groups in total. The number of nitrogens with zero attached hydrogens (tertiary/aromatic N) is 1. The Hall–Kier alpha value is -1.83. The van der Waals surface area contributed by atoms with Crippen LogP contribution in [0.25, 0.3) is 0 Å². The largest absolute Gasteiger partial charge is 0.444 e. The highest BCUT2D eigenvalue weighted by atomic mass is 35.5. The van der Waals surface area contributed by atoms with Gasteiger partial charge in [-0.1, -0.05) is 11.6 Å². The number of aryl methyl sites for hydroxylation is 1. The lowest BCUT2D eigenvalue weighted by Crippen LogP contribution is -2.54. The van der Waals surface area contributed by atoms with E-state index in [0.717, 1.165) is 0 Å². The average molecular weight is 378 g/mol. The van der Waals surface area contributed by atoms with E-state index in [0.29, 0.717) is 5.69 Å². The first-order valence-corrected chi connectivity index (χ1v) is 8.34. The van der Waals surface area contributed by atoms with Crippen LogP contribution in [0, 0.1) is 12.7 Å². The molecule has 1 aromatic heterocycles. The molecule has 1 aromatic rings. The Kier molecular flexibility index (Phi) is 5.61. The Balaban J connectivity index is 1.96. The molecule has 0 aliphatic carbocycles. The molecule has 2 heterocycles. The summed E-state index contributed by atoms with van der Waals surface area (Å²) in [6.07, 6.45) is -1.89. The molecule has 9 heteroatoms. The minimum absolute atomic E-state index is 0.165. The molecule has 0 unspecified atom stereocenters. The number of H-pyrrole nitrogens is 1. The smallest absolute Gasteiger partial charge is 0.410 e. The number of hydrogen-bond donors (Lipinski definition) is 2. The number of ether oxygens (including phenoxy) is 1. The Morgan fingerprint density at radius 2 is 2.04 bits per heavy atom. The number of amides is 2. The van der Waals surface area contributed by atoms with Gasteiger partial charge in [0.15, 0.2) is 5.82 Å². The van der Waals surface area contributed by atoms with E-state index in [1.807, 2.05) is 0 Å². The molecule has 6 nitrogen and oxygen atoms in total. The summed E-state index contributed by atoms with van der Waals surface area (Å²) >= 11 is 5.70. The van der Waals surface area contributed by atoms with Crippen LogP contribution in [-0.2, 0) is 4.74 Å². The first-order chi connectivity index (χ1) is 11.5. The van der Waals surface area contributed by atoms with Crippen molar-refractivity contribution in [2.45, 2.75) is 51.9 Å². The molecular formula is C16H22ClF2N3O3. The zero-order valence-corrected chi connectivity index (χ0v) is 15.3. The number of halogens is 3. The SMILES string of the molecule is Cc1[nH]c(C(=O)N[C@@H]2CCN(C(=O)OC(C)(C)C)C[C@@H]2F)c(F)c1Cl. The van der Waals surface area contributed by atoms with Gasteiger partial charge in [0.1, 0.15) is 17.5 Å². The summed E-state index contributed by atoms with van der Waals surface area (Å²) in [4.78, 5) is 27.9. The number of alkyl halides is 1. The molecule has 0 saturated carbocycles. The van der Waals surface area contributed by atoms with Gasteiger partial charge in [0, 0.05) is 12.2 Å². The molecule has 2 atom stereocenters. The van der Waals surface area contributed by atoms with Crippen molar-refractivity contribution in [3.63, 3.8) is 0 Å². The number of hydrogen-bond acceptors (Lipinski definition) is 3. The van der Waals surface area contributed by atoms with Gasteiger partial charge < -0.3 is 19.9 Å². The molecule has 0 spiro atoms. The van der Waals surface area contributed by atoms with Crippen LogP contribution in [0.4, 0.5) is 13.6 Å². The molecule has 1 fully saturated rings. The number of piperidine rings is 1. The van der Waals surface area contributed by atoms with Crippen LogP contribution < -0.4 is 5.32 Å².